The highest BCUT2D eigenvalue weighted by molar-refractivity contribution is 6.35. The summed E-state index contributed by atoms with van der Waals surface area (Å²) in [4.78, 5) is 1.84. The van der Waals surface area contributed by atoms with Crippen LogP contribution in [0.1, 0.15) is 16.8 Å². The maximum Gasteiger partial charge on any atom is 0.435 e. The van der Waals surface area contributed by atoms with Crippen molar-refractivity contribution in [3.05, 3.63) is 51.1 Å². The van der Waals surface area contributed by atoms with Crippen LogP contribution in [0.4, 0.5) is 19.0 Å². The summed E-state index contributed by atoms with van der Waals surface area (Å²) in [6.07, 6.45) is -3.79. The van der Waals surface area contributed by atoms with Crippen LogP contribution >= 0.6 is 23.2 Å². The van der Waals surface area contributed by atoms with E-state index in [1.165, 1.54) is 6.07 Å². The number of hydrogen-bond acceptors (Lipinski definition) is 3. The zero-order chi connectivity index (χ0) is 15.9. The van der Waals surface area contributed by atoms with Gasteiger partial charge < -0.3 is 4.90 Å². The van der Waals surface area contributed by atoms with E-state index < -0.39 is 11.9 Å². The normalized spacial score (nSPS) is 14.9. The zero-order valence-electron chi connectivity index (χ0n) is 11.2. The van der Waals surface area contributed by atoms with Gasteiger partial charge in [0.2, 0.25) is 0 Å². The first-order valence-corrected chi connectivity index (χ1v) is 7.23. The van der Waals surface area contributed by atoms with Crippen molar-refractivity contribution in [3.63, 3.8) is 0 Å². The van der Waals surface area contributed by atoms with Gasteiger partial charge in [-0.3, -0.25) is 0 Å². The summed E-state index contributed by atoms with van der Waals surface area (Å²) in [5.74, 6) is 0.393. The second-order valence-corrected chi connectivity index (χ2v) is 5.82. The summed E-state index contributed by atoms with van der Waals surface area (Å²) in [7, 11) is 0. The van der Waals surface area contributed by atoms with E-state index in [1.54, 1.807) is 6.07 Å². The molecule has 3 rings (SSSR count). The van der Waals surface area contributed by atoms with E-state index in [1.807, 2.05) is 11.0 Å². The van der Waals surface area contributed by atoms with Gasteiger partial charge in [-0.25, -0.2) is 0 Å². The molecule has 3 nitrogen and oxygen atoms in total. The Labute approximate surface area is 134 Å². The van der Waals surface area contributed by atoms with E-state index in [4.69, 9.17) is 23.2 Å². The molecule has 0 bridgehead atoms. The van der Waals surface area contributed by atoms with E-state index in [2.05, 4.69) is 10.2 Å². The summed E-state index contributed by atoms with van der Waals surface area (Å²) in [6.45, 7) is 1.08. The molecule has 22 heavy (non-hydrogen) atoms. The summed E-state index contributed by atoms with van der Waals surface area (Å²) < 4.78 is 37.5. The summed E-state index contributed by atoms with van der Waals surface area (Å²) in [6, 6.07) is 5.77. The summed E-state index contributed by atoms with van der Waals surface area (Å²) in [5, 5.41) is 8.05. The number of aromatic nitrogens is 2. The minimum absolute atomic E-state index is 0.393. The lowest BCUT2D eigenvalue weighted by molar-refractivity contribution is -0.141. The van der Waals surface area contributed by atoms with Crippen molar-refractivity contribution in [2.45, 2.75) is 19.1 Å². The number of rotatable bonds is 1. The first-order valence-electron chi connectivity index (χ1n) is 6.47. The van der Waals surface area contributed by atoms with Gasteiger partial charge in [-0.15, -0.1) is 10.2 Å². The Morgan fingerprint density at radius 3 is 2.50 bits per heavy atom. The Morgan fingerprint density at radius 1 is 1.09 bits per heavy atom. The van der Waals surface area contributed by atoms with Crippen molar-refractivity contribution in [2.75, 3.05) is 11.4 Å². The van der Waals surface area contributed by atoms with Gasteiger partial charge in [0.25, 0.3) is 0 Å². The quantitative estimate of drug-likeness (QED) is 0.767. The topological polar surface area (TPSA) is 29.0 Å². The van der Waals surface area contributed by atoms with Gasteiger partial charge in [-0.05, 0) is 41.8 Å². The van der Waals surface area contributed by atoms with Crippen molar-refractivity contribution >= 4 is 29.0 Å². The number of halogens is 5. The molecule has 1 aliphatic rings. The third-order valence-electron chi connectivity index (χ3n) is 3.52. The molecule has 0 N–H and O–H groups in total. The van der Waals surface area contributed by atoms with Gasteiger partial charge in [0.05, 0.1) is 0 Å². The molecule has 0 saturated carbocycles. The Balaban J connectivity index is 1.86. The predicted molar refractivity (Wildman–Crippen MR) is 78.3 cm³/mol. The Hall–Kier alpha value is -1.53. The van der Waals surface area contributed by atoms with Crippen LogP contribution in [0, 0.1) is 0 Å². The number of alkyl halides is 3. The highest BCUT2D eigenvalue weighted by Crippen LogP contribution is 2.32. The van der Waals surface area contributed by atoms with Crippen molar-refractivity contribution in [1.82, 2.24) is 10.2 Å². The van der Waals surface area contributed by atoms with E-state index in [9.17, 15) is 13.2 Å². The van der Waals surface area contributed by atoms with Crippen LogP contribution in [-0.2, 0) is 19.1 Å². The van der Waals surface area contributed by atoms with Crippen LogP contribution in [0.3, 0.4) is 0 Å². The first-order chi connectivity index (χ1) is 10.3. The molecule has 116 valence electrons. The molecule has 8 heteroatoms. The van der Waals surface area contributed by atoms with Crippen LogP contribution < -0.4 is 4.90 Å². The summed E-state index contributed by atoms with van der Waals surface area (Å²) in [5.41, 5.74) is 0.964. The molecular formula is C14H10Cl2F3N3. The number of anilines is 1. The molecule has 0 amide bonds. The average molecular weight is 348 g/mol. The standard InChI is InChI=1S/C14H10Cl2F3N3/c15-9-5-8-3-4-22(7-10(8)11(16)6-9)13-2-1-12(20-21-13)14(17,18)19/h1-2,5-6H,3-4,7H2. The van der Waals surface area contributed by atoms with E-state index in [0.717, 1.165) is 17.2 Å². The van der Waals surface area contributed by atoms with Crippen molar-refractivity contribution in [1.29, 1.82) is 0 Å². The molecule has 1 aliphatic heterocycles. The second kappa shape index (κ2) is 5.59. The number of benzene rings is 1. The fourth-order valence-corrected chi connectivity index (χ4v) is 3.02. The molecule has 1 aromatic carbocycles. The van der Waals surface area contributed by atoms with E-state index >= 15 is 0 Å². The molecule has 0 atom stereocenters. The highest BCUT2D eigenvalue weighted by Gasteiger charge is 2.33. The third kappa shape index (κ3) is 2.98. The Kier molecular flexibility index (Phi) is 3.91. The minimum Gasteiger partial charge on any atom is -0.350 e. The van der Waals surface area contributed by atoms with Crippen molar-refractivity contribution in [2.24, 2.45) is 0 Å². The molecule has 2 heterocycles. The molecule has 0 spiro atoms. The monoisotopic (exact) mass is 347 g/mol. The van der Waals surface area contributed by atoms with E-state index in [0.29, 0.717) is 35.4 Å². The smallest absolute Gasteiger partial charge is 0.350 e. The fourth-order valence-electron chi connectivity index (χ4n) is 2.42. The lowest BCUT2D eigenvalue weighted by Crippen LogP contribution is -2.31. The van der Waals surface area contributed by atoms with Crippen LogP contribution in [-0.4, -0.2) is 16.7 Å². The molecule has 0 aliphatic carbocycles. The molecule has 0 unspecified atom stereocenters. The SMILES string of the molecule is FC(F)(F)c1ccc(N2CCc3cc(Cl)cc(Cl)c3C2)nn1. The van der Waals surface area contributed by atoms with Crippen LogP contribution in [0.2, 0.25) is 10.0 Å². The van der Waals surface area contributed by atoms with Gasteiger partial charge in [0, 0.05) is 23.1 Å². The average Bonchev–Trinajstić information content (AvgIpc) is 2.46. The van der Waals surface area contributed by atoms with Crippen molar-refractivity contribution in [3.8, 4) is 0 Å². The molecule has 0 fully saturated rings. The maximum atomic E-state index is 12.5. The molecular weight excluding hydrogens is 338 g/mol. The largest absolute Gasteiger partial charge is 0.435 e. The predicted octanol–water partition coefficient (Wildman–Crippen LogP) is 4.36. The Bertz CT molecular complexity index is 702. The summed E-state index contributed by atoms with van der Waals surface area (Å²) >= 11 is 12.2. The van der Waals surface area contributed by atoms with Crippen LogP contribution in [0.5, 0.6) is 0 Å². The lowest BCUT2D eigenvalue weighted by Gasteiger charge is -2.30. The lowest BCUT2D eigenvalue weighted by atomic mass is 10.00. The number of nitrogens with zero attached hydrogens (tertiary/aromatic N) is 3. The highest BCUT2D eigenvalue weighted by atomic mass is 35.5. The zero-order valence-corrected chi connectivity index (χ0v) is 12.7. The maximum absolute atomic E-state index is 12.5. The second-order valence-electron chi connectivity index (χ2n) is 4.97. The van der Waals surface area contributed by atoms with Crippen molar-refractivity contribution < 1.29 is 13.2 Å². The van der Waals surface area contributed by atoms with Gasteiger partial charge in [0.15, 0.2) is 11.5 Å². The number of hydrogen-bond donors (Lipinski definition) is 0. The molecule has 2 aromatic rings. The van der Waals surface area contributed by atoms with Crippen LogP contribution in [0.25, 0.3) is 0 Å². The van der Waals surface area contributed by atoms with Gasteiger partial charge >= 0.3 is 6.18 Å². The molecule has 0 saturated heterocycles. The van der Waals surface area contributed by atoms with E-state index in [-0.39, 0.29) is 0 Å². The van der Waals surface area contributed by atoms with Crippen LogP contribution in [0.15, 0.2) is 24.3 Å². The van der Waals surface area contributed by atoms with Gasteiger partial charge in [-0.2, -0.15) is 13.2 Å². The fraction of sp³-hybridized carbons (Fsp3) is 0.286. The first kappa shape index (κ1) is 15.4. The number of fused-ring (bicyclic) bond motifs is 1. The molecule has 0 radical (unpaired) electrons. The molecule has 1 aromatic heterocycles. The Morgan fingerprint density at radius 2 is 1.86 bits per heavy atom. The minimum atomic E-state index is -4.49. The van der Waals surface area contributed by atoms with Gasteiger partial charge in [-0.1, -0.05) is 23.2 Å². The third-order valence-corrected chi connectivity index (χ3v) is 4.07. The van der Waals surface area contributed by atoms with Gasteiger partial charge in [0.1, 0.15) is 0 Å².